The van der Waals surface area contributed by atoms with Crippen molar-refractivity contribution in [1.82, 2.24) is 0 Å². The Hall–Kier alpha value is -1.02. The maximum atomic E-state index is 10.7. The van der Waals surface area contributed by atoms with Crippen molar-refractivity contribution in [3.8, 4) is 5.75 Å². The van der Waals surface area contributed by atoms with E-state index in [2.05, 4.69) is 0 Å². The van der Waals surface area contributed by atoms with E-state index in [0.717, 1.165) is 23.1 Å². The van der Waals surface area contributed by atoms with Gasteiger partial charge in [-0.25, -0.2) is 0 Å². The van der Waals surface area contributed by atoms with Crippen molar-refractivity contribution in [1.29, 1.82) is 0 Å². The number of benzene rings is 1. The Labute approximate surface area is 115 Å². The van der Waals surface area contributed by atoms with Crippen molar-refractivity contribution in [2.45, 2.75) is 51.7 Å². The second-order valence-electron chi connectivity index (χ2n) is 6.34. The molecule has 2 aliphatic carbocycles. The predicted molar refractivity (Wildman–Crippen MR) is 76.1 cm³/mol. The summed E-state index contributed by atoms with van der Waals surface area (Å²) in [6.07, 6.45) is 5.10. The second-order valence-corrected chi connectivity index (χ2v) is 6.34. The van der Waals surface area contributed by atoms with E-state index in [1.54, 1.807) is 0 Å². The highest BCUT2D eigenvalue weighted by atomic mass is 16.5. The molecular weight excluding hydrogens is 236 g/mol. The molecule has 0 aromatic heterocycles. The van der Waals surface area contributed by atoms with E-state index in [9.17, 15) is 5.11 Å². The van der Waals surface area contributed by atoms with E-state index < -0.39 is 0 Å². The number of rotatable bonds is 4. The molecule has 0 spiro atoms. The lowest BCUT2D eigenvalue weighted by Crippen LogP contribution is -2.10. The number of aliphatic hydroxyl groups is 1. The lowest BCUT2D eigenvalue weighted by molar-refractivity contribution is 0.134. The molecule has 0 bridgehead atoms. The zero-order valence-electron chi connectivity index (χ0n) is 11.9. The van der Waals surface area contributed by atoms with Gasteiger partial charge in [0.1, 0.15) is 5.75 Å². The smallest absolute Gasteiger partial charge is 0.125 e. The maximum absolute atomic E-state index is 10.7. The minimum atomic E-state index is -0.344. The van der Waals surface area contributed by atoms with Gasteiger partial charge in [0.15, 0.2) is 0 Å². The summed E-state index contributed by atoms with van der Waals surface area (Å²) < 4.78 is 5.84. The summed E-state index contributed by atoms with van der Waals surface area (Å²) in [5.74, 6) is 2.85. The van der Waals surface area contributed by atoms with Crippen LogP contribution in [0.2, 0.25) is 0 Å². The fourth-order valence-corrected chi connectivity index (χ4v) is 3.81. The first-order valence-corrected chi connectivity index (χ1v) is 7.62. The van der Waals surface area contributed by atoms with Gasteiger partial charge in [0.05, 0.1) is 12.2 Å². The van der Waals surface area contributed by atoms with Crippen molar-refractivity contribution >= 4 is 0 Å². The van der Waals surface area contributed by atoms with Crippen molar-refractivity contribution in [3.63, 3.8) is 0 Å². The summed E-state index contributed by atoms with van der Waals surface area (Å²) >= 11 is 0. The number of hydrogen-bond donors (Lipinski definition) is 1. The van der Waals surface area contributed by atoms with E-state index in [4.69, 9.17) is 4.74 Å². The zero-order valence-corrected chi connectivity index (χ0v) is 11.9. The number of fused-ring (bicyclic) bond motifs is 1. The first kappa shape index (κ1) is 13.0. The molecule has 0 amide bonds. The third kappa shape index (κ3) is 2.51. The van der Waals surface area contributed by atoms with Gasteiger partial charge in [-0.05, 0) is 50.5 Å². The molecule has 1 aromatic carbocycles. The Kier molecular flexibility index (Phi) is 3.53. The standard InChI is InChI=1S/C17H24O2/c1-11(2)19-15-10-6-5-9-14(15)17(18)16-12-7-3-4-8-13(12)16/h5-6,9-13,16-18H,3-4,7-8H2,1-2H3. The molecule has 3 rings (SSSR count). The van der Waals surface area contributed by atoms with Gasteiger partial charge >= 0.3 is 0 Å². The van der Waals surface area contributed by atoms with Crippen molar-refractivity contribution in [3.05, 3.63) is 29.8 Å². The number of aliphatic hydroxyl groups excluding tert-OH is 1. The van der Waals surface area contributed by atoms with E-state index in [0.29, 0.717) is 5.92 Å². The summed E-state index contributed by atoms with van der Waals surface area (Å²) in [7, 11) is 0. The van der Waals surface area contributed by atoms with Gasteiger partial charge in [-0.1, -0.05) is 31.0 Å². The van der Waals surface area contributed by atoms with Gasteiger partial charge in [0.25, 0.3) is 0 Å². The second kappa shape index (κ2) is 5.16. The third-order valence-electron chi connectivity index (χ3n) is 4.69. The molecule has 0 saturated heterocycles. The normalized spacial score (nSPS) is 30.8. The molecule has 2 heteroatoms. The van der Waals surface area contributed by atoms with Gasteiger partial charge < -0.3 is 9.84 Å². The fourth-order valence-electron chi connectivity index (χ4n) is 3.81. The summed E-state index contributed by atoms with van der Waals surface area (Å²) in [5, 5.41) is 10.7. The Morgan fingerprint density at radius 3 is 2.37 bits per heavy atom. The van der Waals surface area contributed by atoms with Gasteiger partial charge in [-0.3, -0.25) is 0 Å². The average Bonchev–Trinajstić information content (AvgIpc) is 3.12. The topological polar surface area (TPSA) is 29.5 Å². The van der Waals surface area contributed by atoms with Gasteiger partial charge in [-0.2, -0.15) is 0 Å². The van der Waals surface area contributed by atoms with Crippen LogP contribution in [0, 0.1) is 17.8 Å². The number of ether oxygens (including phenoxy) is 1. The van der Waals surface area contributed by atoms with Crippen LogP contribution >= 0.6 is 0 Å². The monoisotopic (exact) mass is 260 g/mol. The van der Waals surface area contributed by atoms with Crippen molar-refractivity contribution < 1.29 is 9.84 Å². The molecule has 0 heterocycles. The summed E-state index contributed by atoms with van der Waals surface area (Å²) in [6, 6.07) is 7.98. The summed E-state index contributed by atoms with van der Waals surface area (Å²) in [6.45, 7) is 4.06. The maximum Gasteiger partial charge on any atom is 0.125 e. The highest BCUT2D eigenvalue weighted by Gasteiger charge is 2.54. The molecule has 0 radical (unpaired) electrons. The number of para-hydroxylation sites is 1. The van der Waals surface area contributed by atoms with E-state index >= 15 is 0 Å². The zero-order chi connectivity index (χ0) is 13.4. The highest BCUT2D eigenvalue weighted by molar-refractivity contribution is 5.36. The lowest BCUT2D eigenvalue weighted by atomic mass is 10.0. The molecule has 2 fully saturated rings. The van der Waals surface area contributed by atoms with Crippen LogP contribution in [0.1, 0.15) is 51.2 Å². The Morgan fingerprint density at radius 2 is 1.74 bits per heavy atom. The van der Waals surface area contributed by atoms with Crippen LogP contribution in [0.3, 0.4) is 0 Å². The molecule has 1 aromatic rings. The molecule has 2 nitrogen and oxygen atoms in total. The molecule has 1 N–H and O–H groups in total. The molecule has 3 unspecified atom stereocenters. The van der Waals surface area contributed by atoms with Crippen LogP contribution in [0.5, 0.6) is 5.75 Å². The molecule has 0 aliphatic heterocycles. The molecular formula is C17H24O2. The van der Waals surface area contributed by atoms with Crippen LogP contribution in [-0.4, -0.2) is 11.2 Å². The van der Waals surface area contributed by atoms with Crippen LogP contribution < -0.4 is 4.74 Å². The lowest BCUT2D eigenvalue weighted by Gasteiger charge is -2.18. The largest absolute Gasteiger partial charge is 0.491 e. The number of hydrogen-bond acceptors (Lipinski definition) is 2. The SMILES string of the molecule is CC(C)Oc1ccccc1C(O)C1C2CCCCC21. The van der Waals surface area contributed by atoms with Gasteiger partial charge in [0.2, 0.25) is 0 Å². The Morgan fingerprint density at radius 1 is 1.11 bits per heavy atom. The van der Waals surface area contributed by atoms with E-state index in [1.807, 2.05) is 38.1 Å². The van der Waals surface area contributed by atoms with Crippen molar-refractivity contribution in [2.75, 3.05) is 0 Å². The minimum absolute atomic E-state index is 0.148. The quantitative estimate of drug-likeness (QED) is 0.888. The fraction of sp³-hybridized carbons (Fsp3) is 0.647. The Bertz CT molecular complexity index is 429. The Balaban J connectivity index is 1.78. The summed E-state index contributed by atoms with van der Waals surface area (Å²) in [5.41, 5.74) is 0.982. The molecule has 2 aliphatic rings. The average molecular weight is 260 g/mol. The first-order chi connectivity index (χ1) is 9.18. The van der Waals surface area contributed by atoms with Gasteiger partial charge in [0, 0.05) is 5.56 Å². The minimum Gasteiger partial charge on any atom is -0.491 e. The van der Waals surface area contributed by atoms with E-state index in [1.165, 1.54) is 25.7 Å². The molecule has 3 atom stereocenters. The van der Waals surface area contributed by atoms with Crippen LogP contribution in [0.15, 0.2) is 24.3 Å². The van der Waals surface area contributed by atoms with Gasteiger partial charge in [-0.15, -0.1) is 0 Å². The third-order valence-corrected chi connectivity index (χ3v) is 4.69. The molecule has 104 valence electrons. The van der Waals surface area contributed by atoms with Crippen LogP contribution in [0.25, 0.3) is 0 Å². The molecule has 2 saturated carbocycles. The first-order valence-electron chi connectivity index (χ1n) is 7.62. The van der Waals surface area contributed by atoms with Crippen LogP contribution in [-0.2, 0) is 0 Å². The van der Waals surface area contributed by atoms with Crippen molar-refractivity contribution in [2.24, 2.45) is 17.8 Å². The molecule has 19 heavy (non-hydrogen) atoms. The van der Waals surface area contributed by atoms with E-state index in [-0.39, 0.29) is 12.2 Å². The van der Waals surface area contributed by atoms with Crippen LogP contribution in [0.4, 0.5) is 0 Å². The predicted octanol–water partition coefficient (Wildman–Crippen LogP) is 3.94. The highest BCUT2D eigenvalue weighted by Crippen LogP contribution is 2.60. The summed E-state index contributed by atoms with van der Waals surface area (Å²) in [4.78, 5) is 0.